The molecule has 3 unspecified atom stereocenters. The van der Waals surface area contributed by atoms with Crippen molar-refractivity contribution in [3.63, 3.8) is 0 Å². The Bertz CT molecular complexity index is 1560. The number of pyridine rings is 1. The standard InChI is InChI=1S/C36H46IN3O5/c1-35(2,3)31-21-36(45,18-19-39(31)34(43)44)29(25-12-6-4-7-13-25)23-38(32(41)26-14-8-5-9-15-26)22-28-20-27-16-10-11-17-30(27)40(24-37)33(28)42/h4,6-7,10-13,16-17,20,26,29,31,45H,5,8-9,14-15,18-19,21-24H2,1-3H3,(H,43,44). The van der Waals surface area contributed by atoms with Crippen LogP contribution >= 0.6 is 22.6 Å². The number of nitrogens with zero attached hydrogens (tertiary/aromatic N) is 3. The number of fused-ring (bicyclic) bond motifs is 1. The number of hydrogen-bond donors (Lipinski definition) is 2. The van der Waals surface area contributed by atoms with E-state index in [1.165, 1.54) is 4.90 Å². The molecule has 5 rings (SSSR count). The molecule has 3 aromatic rings. The van der Waals surface area contributed by atoms with Crippen LogP contribution in [0.15, 0.2) is 65.5 Å². The van der Waals surface area contributed by atoms with E-state index in [9.17, 15) is 24.6 Å². The maximum atomic E-state index is 14.4. The van der Waals surface area contributed by atoms with Crippen molar-refractivity contribution in [2.24, 2.45) is 11.3 Å². The summed E-state index contributed by atoms with van der Waals surface area (Å²) in [4.78, 5) is 43.8. The number of benzene rings is 2. The molecule has 8 nitrogen and oxygen atoms in total. The maximum Gasteiger partial charge on any atom is 0.407 e. The lowest BCUT2D eigenvalue weighted by atomic mass is 9.68. The van der Waals surface area contributed by atoms with E-state index in [1.54, 1.807) is 4.57 Å². The number of aromatic nitrogens is 1. The molecule has 1 saturated heterocycles. The number of likely N-dealkylation sites (tertiary alicyclic amines) is 1. The second kappa shape index (κ2) is 13.8. The first-order valence-electron chi connectivity index (χ1n) is 16.2. The molecule has 0 radical (unpaired) electrons. The van der Waals surface area contributed by atoms with Crippen molar-refractivity contribution in [3.8, 4) is 0 Å². The van der Waals surface area contributed by atoms with Crippen molar-refractivity contribution in [3.05, 3.63) is 82.1 Å². The molecule has 1 aliphatic carbocycles. The third kappa shape index (κ3) is 7.24. The summed E-state index contributed by atoms with van der Waals surface area (Å²) in [6, 6.07) is 19.1. The van der Waals surface area contributed by atoms with Crippen molar-refractivity contribution < 1.29 is 19.8 Å². The van der Waals surface area contributed by atoms with E-state index in [-0.39, 0.29) is 49.9 Å². The van der Waals surface area contributed by atoms with E-state index in [0.717, 1.165) is 48.6 Å². The van der Waals surface area contributed by atoms with Crippen molar-refractivity contribution in [2.45, 2.75) is 94.4 Å². The molecule has 0 bridgehead atoms. The van der Waals surface area contributed by atoms with Crippen LogP contribution < -0.4 is 5.56 Å². The number of halogens is 1. The van der Waals surface area contributed by atoms with Crippen LogP contribution in [0, 0.1) is 11.3 Å². The third-order valence-electron chi connectivity index (χ3n) is 10.0. The number of hydrogen-bond acceptors (Lipinski definition) is 4. The SMILES string of the molecule is CC(C)(C)C1CC(O)(C(CN(Cc2cc3ccccc3n(CI)c2=O)C(=O)C2CCCCC2)c2ccccc2)CCN1C(=O)O. The first-order valence-corrected chi connectivity index (χ1v) is 17.7. The van der Waals surface area contributed by atoms with Crippen LogP contribution in [0.3, 0.4) is 0 Å². The van der Waals surface area contributed by atoms with Gasteiger partial charge in [-0.15, -0.1) is 0 Å². The fourth-order valence-electron chi connectivity index (χ4n) is 7.49. The number of piperidine rings is 1. The molecule has 2 aliphatic rings. The number of carbonyl (C=O) groups excluding carboxylic acids is 1. The van der Waals surface area contributed by atoms with E-state index >= 15 is 0 Å². The summed E-state index contributed by atoms with van der Waals surface area (Å²) in [5, 5.41) is 23.6. The molecule has 2 heterocycles. The molecular formula is C36H46IN3O5. The van der Waals surface area contributed by atoms with Gasteiger partial charge in [0.25, 0.3) is 5.56 Å². The average Bonchev–Trinajstić information content (AvgIpc) is 3.03. The lowest BCUT2D eigenvalue weighted by molar-refractivity contribution is -0.139. The van der Waals surface area contributed by atoms with Crippen LogP contribution in [-0.4, -0.2) is 61.3 Å². The van der Waals surface area contributed by atoms with Crippen molar-refractivity contribution in [1.82, 2.24) is 14.4 Å². The molecule has 45 heavy (non-hydrogen) atoms. The molecule has 2 amide bonds. The highest BCUT2D eigenvalue weighted by Gasteiger charge is 2.49. The fraction of sp³-hybridized carbons (Fsp3) is 0.528. The van der Waals surface area contributed by atoms with Crippen molar-refractivity contribution >= 4 is 45.5 Å². The van der Waals surface area contributed by atoms with E-state index in [1.807, 2.05) is 86.3 Å². The Morgan fingerprint density at radius 3 is 2.36 bits per heavy atom. The smallest absolute Gasteiger partial charge is 0.407 e. The molecule has 2 fully saturated rings. The minimum Gasteiger partial charge on any atom is -0.465 e. The zero-order valence-corrected chi connectivity index (χ0v) is 28.8. The van der Waals surface area contributed by atoms with E-state index < -0.39 is 29.1 Å². The molecule has 9 heteroatoms. The van der Waals surface area contributed by atoms with Gasteiger partial charge in [-0.05, 0) is 54.2 Å². The molecule has 242 valence electrons. The number of alkyl halides is 1. The first kappa shape index (κ1) is 33.4. The Hall–Kier alpha value is -2.92. The van der Waals surface area contributed by atoms with Gasteiger partial charge in [-0.1, -0.05) is 111 Å². The topological polar surface area (TPSA) is 103 Å². The van der Waals surface area contributed by atoms with Crippen molar-refractivity contribution in [2.75, 3.05) is 13.1 Å². The second-order valence-electron chi connectivity index (χ2n) is 14.0. The predicted molar refractivity (Wildman–Crippen MR) is 186 cm³/mol. The van der Waals surface area contributed by atoms with E-state index in [2.05, 4.69) is 22.6 Å². The summed E-state index contributed by atoms with van der Waals surface area (Å²) in [6.07, 6.45) is 4.31. The molecule has 1 aliphatic heterocycles. The van der Waals surface area contributed by atoms with Gasteiger partial charge in [0.05, 0.1) is 22.2 Å². The molecule has 1 saturated carbocycles. The van der Waals surface area contributed by atoms with Gasteiger partial charge in [-0.2, -0.15) is 0 Å². The molecule has 2 N–H and O–H groups in total. The monoisotopic (exact) mass is 727 g/mol. The van der Waals surface area contributed by atoms with Gasteiger partial charge in [0.1, 0.15) is 0 Å². The van der Waals surface area contributed by atoms with Gasteiger partial charge in [-0.3, -0.25) is 14.2 Å². The second-order valence-corrected chi connectivity index (χ2v) is 14.7. The largest absolute Gasteiger partial charge is 0.465 e. The normalized spacial score (nSPS) is 21.9. The molecule has 1 aromatic heterocycles. The minimum atomic E-state index is -1.26. The summed E-state index contributed by atoms with van der Waals surface area (Å²) in [5.74, 6) is -0.560. The van der Waals surface area contributed by atoms with Gasteiger partial charge in [0, 0.05) is 36.5 Å². The summed E-state index contributed by atoms with van der Waals surface area (Å²) in [6.45, 7) is 6.61. The average molecular weight is 728 g/mol. The van der Waals surface area contributed by atoms with Crippen LogP contribution in [0.5, 0.6) is 0 Å². The molecule has 0 spiro atoms. The summed E-state index contributed by atoms with van der Waals surface area (Å²) >= 11 is 2.20. The Balaban J connectivity index is 1.58. The number of amides is 2. The summed E-state index contributed by atoms with van der Waals surface area (Å²) in [7, 11) is 0. The number of aliphatic hydroxyl groups is 1. The molecule has 3 atom stereocenters. The zero-order chi connectivity index (χ0) is 32.4. The van der Waals surface area contributed by atoms with Crippen LogP contribution in [-0.2, 0) is 15.9 Å². The van der Waals surface area contributed by atoms with Crippen molar-refractivity contribution in [1.29, 1.82) is 0 Å². The van der Waals surface area contributed by atoms with Crippen LogP contribution in [0.25, 0.3) is 10.9 Å². The van der Waals surface area contributed by atoms with E-state index in [0.29, 0.717) is 10.1 Å². The predicted octanol–water partition coefficient (Wildman–Crippen LogP) is 7.01. The Morgan fingerprint density at radius 2 is 1.71 bits per heavy atom. The molecule has 2 aromatic carbocycles. The van der Waals surface area contributed by atoms with Crippen LogP contribution in [0.1, 0.15) is 82.8 Å². The maximum absolute atomic E-state index is 14.4. The summed E-state index contributed by atoms with van der Waals surface area (Å²) in [5.41, 5.74) is 0.550. The minimum absolute atomic E-state index is 0.0307. The highest BCUT2D eigenvalue weighted by Crippen LogP contribution is 2.44. The number of para-hydroxylation sites is 1. The lowest BCUT2D eigenvalue weighted by Crippen LogP contribution is -2.59. The Labute approximate surface area is 279 Å². The van der Waals surface area contributed by atoms with Crippen LogP contribution in [0.2, 0.25) is 0 Å². The van der Waals surface area contributed by atoms with Crippen LogP contribution in [0.4, 0.5) is 4.79 Å². The third-order valence-corrected chi connectivity index (χ3v) is 10.7. The summed E-state index contributed by atoms with van der Waals surface area (Å²) < 4.78 is 2.24. The highest BCUT2D eigenvalue weighted by molar-refractivity contribution is 14.1. The number of carbonyl (C=O) groups is 2. The van der Waals surface area contributed by atoms with Gasteiger partial charge in [0.15, 0.2) is 0 Å². The van der Waals surface area contributed by atoms with Gasteiger partial charge >= 0.3 is 6.09 Å². The zero-order valence-electron chi connectivity index (χ0n) is 26.6. The number of rotatable bonds is 8. The number of carboxylic acid groups (broad SMARTS) is 1. The Kier molecular flexibility index (Phi) is 10.3. The molecular weight excluding hydrogens is 681 g/mol. The van der Waals surface area contributed by atoms with Gasteiger partial charge < -0.3 is 20.0 Å². The highest BCUT2D eigenvalue weighted by atomic mass is 127. The Morgan fingerprint density at radius 1 is 1.04 bits per heavy atom. The van der Waals surface area contributed by atoms with Gasteiger partial charge in [-0.25, -0.2) is 4.79 Å². The fourth-order valence-corrected chi connectivity index (χ4v) is 8.17. The first-order chi connectivity index (χ1) is 21.4. The lowest BCUT2D eigenvalue weighted by Gasteiger charge is -2.51. The van der Waals surface area contributed by atoms with E-state index in [4.69, 9.17) is 0 Å². The van der Waals surface area contributed by atoms with Gasteiger partial charge in [0.2, 0.25) is 5.91 Å². The quantitative estimate of drug-likeness (QED) is 0.192.